The minimum Gasteiger partial charge on any atom is -0.287 e. The normalized spacial score (nSPS) is 28.1. The third kappa shape index (κ3) is 2.36. The van der Waals surface area contributed by atoms with Crippen LogP contribution in [-0.2, 0) is 5.41 Å². The van der Waals surface area contributed by atoms with Gasteiger partial charge in [-0.1, -0.05) is 78.9 Å². The van der Waals surface area contributed by atoms with E-state index < -0.39 is 0 Å². The first kappa shape index (κ1) is 16.8. The van der Waals surface area contributed by atoms with E-state index in [4.69, 9.17) is 4.99 Å². The van der Waals surface area contributed by atoms with E-state index in [2.05, 4.69) is 98.3 Å². The van der Waals surface area contributed by atoms with Crippen LogP contribution in [0, 0.1) is 0 Å². The lowest BCUT2D eigenvalue weighted by Gasteiger charge is -2.55. The number of rotatable bonds is 3. The van der Waals surface area contributed by atoms with Gasteiger partial charge in [-0.2, -0.15) is 11.8 Å². The van der Waals surface area contributed by atoms with Gasteiger partial charge in [0.25, 0.3) is 0 Å². The molecule has 0 N–H and O–H groups in total. The molecular weight excluding hydrogens is 346 g/mol. The maximum atomic E-state index is 5.21. The molecule has 0 saturated carbocycles. The largest absolute Gasteiger partial charge is 0.287 e. The van der Waals surface area contributed by atoms with Crippen LogP contribution in [0.25, 0.3) is 0 Å². The molecule has 0 radical (unpaired) electrons. The van der Waals surface area contributed by atoms with Gasteiger partial charge in [-0.25, -0.2) is 0 Å². The fraction of sp³-hybridized carbons (Fsp3) is 0.240. The molecular formula is C25H23NS. The summed E-state index contributed by atoms with van der Waals surface area (Å²) in [5.41, 5.74) is 6.96. The second kappa shape index (κ2) is 6.38. The first-order valence-corrected chi connectivity index (χ1v) is 10.8. The lowest BCUT2D eigenvalue weighted by molar-refractivity contribution is 0.354. The Morgan fingerprint density at radius 1 is 0.815 bits per heavy atom. The summed E-state index contributed by atoms with van der Waals surface area (Å²) in [6.45, 7) is 2.40. The Kier molecular flexibility index (Phi) is 3.98. The highest BCUT2D eigenvalue weighted by Gasteiger charge is 2.56. The van der Waals surface area contributed by atoms with E-state index in [1.165, 1.54) is 27.8 Å². The molecule has 1 nitrogen and oxygen atoms in total. The Balaban J connectivity index is 1.72. The maximum absolute atomic E-state index is 5.21. The van der Waals surface area contributed by atoms with Crippen molar-refractivity contribution >= 4 is 18.0 Å². The van der Waals surface area contributed by atoms with Crippen molar-refractivity contribution in [3.63, 3.8) is 0 Å². The Bertz CT molecular complexity index is 960. The molecule has 0 aromatic heterocycles. The van der Waals surface area contributed by atoms with Crippen molar-refractivity contribution in [1.82, 2.24) is 0 Å². The Morgan fingerprint density at radius 2 is 1.37 bits per heavy atom. The van der Waals surface area contributed by atoms with Crippen molar-refractivity contribution in [2.45, 2.75) is 29.5 Å². The van der Waals surface area contributed by atoms with Crippen molar-refractivity contribution in [2.75, 3.05) is 6.26 Å². The van der Waals surface area contributed by atoms with Crippen molar-refractivity contribution in [3.05, 3.63) is 107 Å². The van der Waals surface area contributed by atoms with Crippen LogP contribution < -0.4 is 0 Å². The molecule has 0 spiro atoms. The number of hydrogen-bond acceptors (Lipinski definition) is 2. The molecule has 2 bridgehead atoms. The summed E-state index contributed by atoms with van der Waals surface area (Å²) in [5.74, 6) is 0.409. The molecule has 3 aliphatic rings. The summed E-state index contributed by atoms with van der Waals surface area (Å²) in [5, 5.41) is 0.444. The van der Waals surface area contributed by atoms with E-state index in [1.807, 2.05) is 11.8 Å². The summed E-state index contributed by atoms with van der Waals surface area (Å²) in [6.07, 6.45) is 4.32. The summed E-state index contributed by atoms with van der Waals surface area (Å²) in [4.78, 5) is 5.21. The van der Waals surface area contributed by atoms with Gasteiger partial charge in [0.05, 0.1) is 6.04 Å². The van der Waals surface area contributed by atoms with Gasteiger partial charge in [-0.3, -0.25) is 4.99 Å². The van der Waals surface area contributed by atoms with Crippen molar-refractivity contribution in [2.24, 2.45) is 4.99 Å². The topological polar surface area (TPSA) is 12.4 Å². The van der Waals surface area contributed by atoms with Crippen molar-refractivity contribution in [1.29, 1.82) is 0 Å². The van der Waals surface area contributed by atoms with Gasteiger partial charge in [0.1, 0.15) is 0 Å². The van der Waals surface area contributed by atoms with E-state index in [1.54, 1.807) is 0 Å². The SMILES string of the molecule is CS[C@H]1C2c3ccccc3C(C)(c3ccccc32)[C@H]1N=Cc1ccccc1. The van der Waals surface area contributed by atoms with Crippen LogP contribution in [0.1, 0.15) is 40.7 Å². The predicted octanol–water partition coefficient (Wildman–Crippen LogP) is 5.67. The third-order valence-electron chi connectivity index (χ3n) is 6.40. The van der Waals surface area contributed by atoms with Gasteiger partial charge >= 0.3 is 0 Å². The molecule has 0 aliphatic heterocycles. The average Bonchev–Trinajstić information content (AvgIpc) is 2.73. The molecule has 3 aromatic carbocycles. The fourth-order valence-corrected chi connectivity index (χ4v) is 6.35. The molecule has 2 heteroatoms. The smallest absolute Gasteiger partial charge is 0.0761 e. The van der Waals surface area contributed by atoms with E-state index in [-0.39, 0.29) is 11.5 Å². The van der Waals surface area contributed by atoms with Crippen LogP contribution in [0.5, 0.6) is 0 Å². The second-order valence-corrected chi connectivity index (χ2v) is 8.70. The molecule has 0 fully saturated rings. The number of fused-ring (bicyclic) bond motifs is 1. The van der Waals surface area contributed by atoms with E-state index in [9.17, 15) is 0 Å². The van der Waals surface area contributed by atoms with Crippen LogP contribution in [0.15, 0.2) is 83.9 Å². The summed E-state index contributed by atoms with van der Waals surface area (Å²) in [6, 6.07) is 28.7. The zero-order valence-electron chi connectivity index (χ0n) is 15.7. The summed E-state index contributed by atoms with van der Waals surface area (Å²) >= 11 is 1.96. The van der Waals surface area contributed by atoms with E-state index >= 15 is 0 Å². The Hall–Kier alpha value is -2.32. The highest BCUT2D eigenvalue weighted by Crippen LogP contribution is 2.59. The van der Waals surface area contributed by atoms with Gasteiger partial charge < -0.3 is 0 Å². The molecule has 134 valence electrons. The number of aliphatic imine (C=N–C) groups is 1. The zero-order valence-corrected chi connectivity index (χ0v) is 16.5. The predicted molar refractivity (Wildman–Crippen MR) is 116 cm³/mol. The van der Waals surface area contributed by atoms with Crippen molar-refractivity contribution in [3.8, 4) is 0 Å². The molecule has 0 amide bonds. The highest BCUT2D eigenvalue weighted by molar-refractivity contribution is 7.99. The van der Waals surface area contributed by atoms with Gasteiger partial charge in [0, 0.05) is 22.8 Å². The Labute approximate surface area is 165 Å². The lowest BCUT2D eigenvalue weighted by atomic mass is 9.53. The zero-order chi connectivity index (χ0) is 18.4. The maximum Gasteiger partial charge on any atom is 0.0761 e. The molecule has 0 unspecified atom stereocenters. The molecule has 0 saturated heterocycles. The van der Waals surface area contributed by atoms with Crippen LogP contribution in [-0.4, -0.2) is 23.8 Å². The van der Waals surface area contributed by atoms with Gasteiger partial charge in [0.2, 0.25) is 0 Å². The van der Waals surface area contributed by atoms with E-state index in [0.717, 1.165) is 0 Å². The van der Waals surface area contributed by atoms with Crippen LogP contribution in [0.3, 0.4) is 0 Å². The van der Waals surface area contributed by atoms with E-state index in [0.29, 0.717) is 11.2 Å². The molecule has 6 rings (SSSR count). The summed E-state index contributed by atoms with van der Waals surface area (Å²) in [7, 11) is 0. The second-order valence-electron chi connectivity index (χ2n) is 7.69. The molecule has 3 aliphatic carbocycles. The van der Waals surface area contributed by atoms with Crippen LogP contribution in [0.2, 0.25) is 0 Å². The lowest BCUT2D eigenvalue weighted by Crippen LogP contribution is -2.55. The number of benzene rings is 3. The fourth-order valence-electron chi connectivity index (χ4n) is 5.18. The van der Waals surface area contributed by atoms with Gasteiger partial charge in [0.15, 0.2) is 0 Å². The summed E-state index contributed by atoms with van der Waals surface area (Å²) < 4.78 is 0. The first-order valence-electron chi connectivity index (χ1n) is 9.55. The number of nitrogens with zero attached hydrogens (tertiary/aromatic N) is 1. The number of thioether (sulfide) groups is 1. The Morgan fingerprint density at radius 3 is 1.96 bits per heavy atom. The number of hydrogen-bond donors (Lipinski definition) is 0. The van der Waals surface area contributed by atoms with Crippen molar-refractivity contribution < 1.29 is 0 Å². The average molecular weight is 370 g/mol. The quantitative estimate of drug-likeness (QED) is 0.542. The van der Waals surface area contributed by atoms with Crippen LogP contribution >= 0.6 is 11.8 Å². The molecule has 3 aromatic rings. The molecule has 0 heterocycles. The standard InChI is InChI=1S/C25H23NS/c1-25-20-14-8-6-12-18(20)22(19-13-7-9-15-21(19)25)23(27-2)24(25)26-16-17-10-4-3-5-11-17/h3-16,22-24H,1-2H3/t22?,23-,24-,25?/m0/s1. The minimum atomic E-state index is -0.0963. The monoisotopic (exact) mass is 369 g/mol. The minimum absolute atomic E-state index is 0.0963. The molecule has 2 atom stereocenters. The third-order valence-corrected chi connectivity index (χ3v) is 7.47. The first-order chi connectivity index (χ1) is 13.2. The van der Waals surface area contributed by atoms with Gasteiger partial charge in [-0.05, 0) is 41.0 Å². The molecule has 27 heavy (non-hydrogen) atoms. The highest BCUT2D eigenvalue weighted by atomic mass is 32.2. The van der Waals surface area contributed by atoms with Crippen LogP contribution in [0.4, 0.5) is 0 Å². The van der Waals surface area contributed by atoms with Gasteiger partial charge in [-0.15, -0.1) is 0 Å².